The van der Waals surface area contributed by atoms with Crippen molar-refractivity contribution in [1.29, 1.82) is 0 Å². The molecule has 0 aliphatic heterocycles. The zero-order valence-electron chi connectivity index (χ0n) is 12.7. The van der Waals surface area contributed by atoms with Crippen molar-refractivity contribution >= 4 is 27.7 Å². The van der Waals surface area contributed by atoms with Crippen molar-refractivity contribution in [3.8, 4) is 0 Å². The summed E-state index contributed by atoms with van der Waals surface area (Å²) < 4.78 is 0.968. The van der Waals surface area contributed by atoms with Crippen LogP contribution < -0.4 is 5.32 Å². The number of hydrogen-bond donors (Lipinski definition) is 1. The molecule has 0 unspecified atom stereocenters. The first-order chi connectivity index (χ1) is 10.0. The van der Waals surface area contributed by atoms with Gasteiger partial charge in [-0.1, -0.05) is 41.4 Å². The molecule has 0 saturated carbocycles. The minimum absolute atomic E-state index is 0.0212. The number of halogens is 1. The predicted octanol–water partition coefficient (Wildman–Crippen LogP) is 2.76. The summed E-state index contributed by atoms with van der Waals surface area (Å²) in [6.07, 6.45) is 2.40. The average Bonchev–Trinajstić information content (AvgIpc) is 2.42. The number of unbranched alkanes of at least 4 members (excludes halogenated alkanes) is 1. The second-order valence-electron chi connectivity index (χ2n) is 5.02. The number of carbonyl (C=O) groups excluding carboxylic acids is 2. The lowest BCUT2D eigenvalue weighted by Crippen LogP contribution is -2.38. The molecule has 0 atom stereocenters. The molecule has 2 amide bonds. The molecule has 0 heterocycles. The predicted molar refractivity (Wildman–Crippen MR) is 88.0 cm³/mol. The van der Waals surface area contributed by atoms with E-state index in [4.69, 9.17) is 0 Å². The Balaban J connectivity index is 2.33. The first-order valence-corrected chi connectivity index (χ1v) is 8.09. The Morgan fingerprint density at radius 1 is 1.29 bits per heavy atom. The maximum atomic E-state index is 11.9. The minimum Gasteiger partial charge on any atom is -0.354 e. The van der Waals surface area contributed by atoms with Crippen LogP contribution in [0.4, 0.5) is 0 Å². The number of nitrogens with one attached hydrogen (secondary N) is 1. The summed E-state index contributed by atoms with van der Waals surface area (Å²) in [6.45, 7) is 5.49. The molecule has 0 spiro atoms. The fourth-order valence-electron chi connectivity index (χ4n) is 2.00. The van der Waals surface area contributed by atoms with Crippen LogP contribution in [0.25, 0.3) is 0 Å². The summed E-state index contributed by atoms with van der Waals surface area (Å²) in [5.41, 5.74) is 0.969. The third kappa shape index (κ3) is 7.27. The molecule has 0 radical (unpaired) electrons. The van der Waals surface area contributed by atoms with Gasteiger partial charge in [0.15, 0.2) is 0 Å². The highest BCUT2D eigenvalue weighted by atomic mass is 79.9. The third-order valence-electron chi connectivity index (χ3n) is 3.18. The van der Waals surface area contributed by atoms with Crippen LogP contribution in [0.5, 0.6) is 0 Å². The van der Waals surface area contributed by atoms with Crippen LogP contribution >= 0.6 is 15.9 Å². The number of rotatable bonds is 8. The number of benzene rings is 1. The van der Waals surface area contributed by atoms with Crippen LogP contribution in [-0.4, -0.2) is 36.3 Å². The normalized spacial score (nSPS) is 10.2. The van der Waals surface area contributed by atoms with Crippen molar-refractivity contribution in [2.75, 3.05) is 19.6 Å². The van der Waals surface area contributed by atoms with Gasteiger partial charge in [0.25, 0.3) is 0 Å². The minimum atomic E-state index is -0.0212. The second kappa shape index (κ2) is 9.55. The molecule has 116 valence electrons. The SMILES string of the molecule is CCCCN(CCNC(=O)Cc1cccc(Br)c1)C(C)=O. The maximum absolute atomic E-state index is 11.9. The first-order valence-electron chi connectivity index (χ1n) is 7.29. The number of hydrogen-bond acceptors (Lipinski definition) is 2. The van der Waals surface area contributed by atoms with Crippen molar-refractivity contribution in [3.05, 3.63) is 34.3 Å². The summed E-state index contributed by atoms with van der Waals surface area (Å²) in [7, 11) is 0. The molecule has 0 aliphatic carbocycles. The van der Waals surface area contributed by atoms with Crippen LogP contribution in [-0.2, 0) is 16.0 Å². The van der Waals surface area contributed by atoms with Gasteiger partial charge in [-0.2, -0.15) is 0 Å². The van der Waals surface area contributed by atoms with Gasteiger partial charge in [-0.3, -0.25) is 9.59 Å². The van der Waals surface area contributed by atoms with E-state index in [-0.39, 0.29) is 11.8 Å². The van der Waals surface area contributed by atoms with E-state index in [9.17, 15) is 9.59 Å². The summed E-state index contributed by atoms with van der Waals surface area (Å²) in [4.78, 5) is 25.1. The van der Waals surface area contributed by atoms with Gasteiger partial charge >= 0.3 is 0 Å². The molecule has 0 aromatic heterocycles. The van der Waals surface area contributed by atoms with Gasteiger partial charge in [0.05, 0.1) is 6.42 Å². The molecule has 0 aliphatic rings. The average molecular weight is 355 g/mol. The summed E-state index contributed by atoms with van der Waals surface area (Å²) in [6, 6.07) is 7.70. The van der Waals surface area contributed by atoms with Crippen LogP contribution in [0.3, 0.4) is 0 Å². The van der Waals surface area contributed by atoms with Crippen LogP contribution in [0.1, 0.15) is 32.3 Å². The molecule has 21 heavy (non-hydrogen) atoms. The van der Waals surface area contributed by atoms with Gasteiger partial charge in [0.1, 0.15) is 0 Å². The van der Waals surface area contributed by atoms with E-state index >= 15 is 0 Å². The zero-order chi connectivity index (χ0) is 15.7. The largest absolute Gasteiger partial charge is 0.354 e. The Bertz CT molecular complexity index is 477. The van der Waals surface area contributed by atoms with E-state index in [1.54, 1.807) is 11.8 Å². The highest BCUT2D eigenvalue weighted by Gasteiger charge is 2.09. The smallest absolute Gasteiger partial charge is 0.224 e. The van der Waals surface area contributed by atoms with Crippen LogP contribution in [0.15, 0.2) is 28.7 Å². The Hall–Kier alpha value is -1.36. The van der Waals surface area contributed by atoms with E-state index in [0.717, 1.165) is 29.4 Å². The van der Waals surface area contributed by atoms with Gasteiger partial charge in [-0.25, -0.2) is 0 Å². The maximum Gasteiger partial charge on any atom is 0.224 e. The highest BCUT2D eigenvalue weighted by Crippen LogP contribution is 2.11. The lowest BCUT2D eigenvalue weighted by molar-refractivity contribution is -0.129. The highest BCUT2D eigenvalue weighted by molar-refractivity contribution is 9.10. The number of amides is 2. The van der Waals surface area contributed by atoms with Crippen molar-refractivity contribution < 1.29 is 9.59 Å². The molecule has 0 bridgehead atoms. The zero-order valence-corrected chi connectivity index (χ0v) is 14.3. The van der Waals surface area contributed by atoms with E-state index < -0.39 is 0 Å². The summed E-state index contributed by atoms with van der Waals surface area (Å²) in [5.74, 6) is 0.0387. The van der Waals surface area contributed by atoms with Gasteiger partial charge < -0.3 is 10.2 Å². The Labute approximate surface area is 135 Å². The number of nitrogens with zero attached hydrogens (tertiary/aromatic N) is 1. The molecule has 0 fully saturated rings. The topological polar surface area (TPSA) is 49.4 Å². The van der Waals surface area contributed by atoms with Crippen molar-refractivity contribution in [3.63, 3.8) is 0 Å². The molecular formula is C16H23BrN2O2. The van der Waals surface area contributed by atoms with Gasteiger partial charge in [0, 0.05) is 31.0 Å². The van der Waals surface area contributed by atoms with Crippen LogP contribution in [0, 0.1) is 0 Å². The Morgan fingerprint density at radius 3 is 2.67 bits per heavy atom. The summed E-state index contributed by atoms with van der Waals surface area (Å²) in [5, 5.41) is 2.86. The standard InChI is InChI=1S/C16H23BrN2O2/c1-3-4-9-19(13(2)20)10-8-18-16(21)12-14-6-5-7-15(17)11-14/h5-7,11H,3-4,8-10,12H2,1-2H3,(H,18,21). The van der Waals surface area contributed by atoms with Crippen molar-refractivity contribution in [2.45, 2.75) is 33.1 Å². The molecule has 5 heteroatoms. The van der Waals surface area contributed by atoms with Gasteiger partial charge in [-0.05, 0) is 24.1 Å². The van der Waals surface area contributed by atoms with Crippen molar-refractivity contribution in [1.82, 2.24) is 10.2 Å². The van der Waals surface area contributed by atoms with Crippen LogP contribution in [0.2, 0.25) is 0 Å². The molecule has 1 rings (SSSR count). The van der Waals surface area contributed by atoms with E-state index in [1.807, 2.05) is 24.3 Å². The molecular weight excluding hydrogens is 332 g/mol. The van der Waals surface area contributed by atoms with Gasteiger partial charge in [0.2, 0.25) is 11.8 Å². The van der Waals surface area contributed by atoms with Gasteiger partial charge in [-0.15, -0.1) is 0 Å². The first kappa shape index (κ1) is 17.7. The van der Waals surface area contributed by atoms with E-state index in [0.29, 0.717) is 19.5 Å². The Kier molecular flexibility index (Phi) is 8.05. The fourth-order valence-corrected chi connectivity index (χ4v) is 2.45. The van der Waals surface area contributed by atoms with E-state index in [2.05, 4.69) is 28.2 Å². The Morgan fingerprint density at radius 2 is 2.05 bits per heavy atom. The molecule has 1 aromatic rings. The lowest BCUT2D eigenvalue weighted by atomic mass is 10.1. The second-order valence-corrected chi connectivity index (χ2v) is 5.93. The number of carbonyl (C=O) groups is 2. The van der Waals surface area contributed by atoms with Crippen molar-refractivity contribution in [2.24, 2.45) is 0 Å². The monoisotopic (exact) mass is 354 g/mol. The quantitative estimate of drug-likeness (QED) is 0.780. The molecule has 0 saturated heterocycles. The fraction of sp³-hybridized carbons (Fsp3) is 0.500. The molecule has 1 aromatic carbocycles. The molecule has 1 N–H and O–H groups in total. The van der Waals surface area contributed by atoms with E-state index in [1.165, 1.54) is 0 Å². The third-order valence-corrected chi connectivity index (χ3v) is 3.68. The summed E-state index contributed by atoms with van der Waals surface area (Å²) >= 11 is 3.39. The molecule has 4 nitrogen and oxygen atoms in total. The lowest BCUT2D eigenvalue weighted by Gasteiger charge is -2.20.